The van der Waals surface area contributed by atoms with Crippen LogP contribution in [-0.4, -0.2) is 40.1 Å². The van der Waals surface area contributed by atoms with Gasteiger partial charge >= 0.3 is 0 Å². The van der Waals surface area contributed by atoms with Gasteiger partial charge in [-0.15, -0.1) is 11.8 Å². The summed E-state index contributed by atoms with van der Waals surface area (Å²) >= 11 is 1.45. The summed E-state index contributed by atoms with van der Waals surface area (Å²) in [4.78, 5) is 13.8. The lowest BCUT2D eigenvalue weighted by Gasteiger charge is -2.20. The fourth-order valence-electron chi connectivity index (χ4n) is 3.20. The molecule has 4 rings (SSSR count). The van der Waals surface area contributed by atoms with Crippen LogP contribution in [0.4, 0.5) is 5.69 Å². The zero-order valence-electron chi connectivity index (χ0n) is 15.9. The summed E-state index contributed by atoms with van der Waals surface area (Å²) in [5.41, 5.74) is 1.35. The van der Waals surface area contributed by atoms with Crippen LogP contribution < -0.4 is 14.8 Å². The van der Waals surface area contributed by atoms with Gasteiger partial charge in [-0.2, -0.15) is 0 Å². The molecule has 0 bridgehead atoms. The Hall–Kier alpha value is -2.65. The van der Waals surface area contributed by atoms with E-state index in [0.29, 0.717) is 46.9 Å². The summed E-state index contributed by atoms with van der Waals surface area (Å²) in [5.74, 6) is 0.347. The summed E-state index contributed by atoms with van der Waals surface area (Å²) in [7, 11) is -3.37. The molecule has 1 amide bonds. The number of furan rings is 1. The number of hydrogen-bond acceptors (Lipinski definition) is 7. The molecule has 0 aliphatic carbocycles. The van der Waals surface area contributed by atoms with E-state index in [9.17, 15) is 13.2 Å². The molecule has 1 aliphatic rings. The average Bonchev–Trinajstić information content (AvgIpc) is 3.04. The van der Waals surface area contributed by atoms with Gasteiger partial charge in [0.25, 0.3) is 5.91 Å². The Labute approximate surface area is 172 Å². The molecule has 2 aromatic carbocycles. The smallest absolute Gasteiger partial charge is 0.291 e. The molecule has 29 heavy (non-hydrogen) atoms. The molecule has 0 unspecified atom stereocenters. The Bertz CT molecular complexity index is 1200. The zero-order valence-corrected chi connectivity index (χ0v) is 17.5. The largest absolute Gasteiger partial charge is 0.486 e. The molecule has 0 atom stereocenters. The van der Waals surface area contributed by atoms with Crippen molar-refractivity contribution >= 4 is 44.2 Å². The van der Waals surface area contributed by atoms with Gasteiger partial charge in [0, 0.05) is 28.2 Å². The third kappa shape index (κ3) is 4.06. The highest BCUT2D eigenvalue weighted by atomic mass is 32.2. The minimum Gasteiger partial charge on any atom is -0.486 e. The maximum absolute atomic E-state index is 13.0. The number of anilines is 1. The highest BCUT2D eigenvalue weighted by Gasteiger charge is 2.25. The lowest BCUT2D eigenvalue weighted by molar-refractivity contribution is 0.0997. The molecular formula is C20H19NO6S2. The molecule has 0 saturated heterocycles. The Morgan fingerprint density at radius 3 is 2.52 bits per heavy atom. The highest BCUT2D eigenvalue weighted by molar-refractivity contribution is 7.98. The second-order valence-electron chi connectivity index (χ2n) is 6.63. The van der Waals surface area contributed by atoms with Gasteiger partial charge in [0.2, 0.25) is 0 Å². The van der Waals surface area contributed by atoms with E-state index in [0.717, 1.165) is 11.2 Å². The van der Waals surface area contributed by atoms with Crippen LogP contribution in [0, 0.1) is 0 Å². The number of fused-ring (bicyclic) bond motifs is 2. The minimum atomic E-state index is -3.37. The predicted molar refractivity (Wildman–Crippen MR) is 112 cm³/mol. The van der Waals surface area contributed by atoms with Crippen LogP contribution in [-0.2, 0) is 15.6 Å². The second-order valence-corrected chi connectivity index (χ2v) is 9.61. The van der Waals surface area contributed by atoms with Crippen molar-refractivity contribution in [3.63, 3.8) is 0 Å². The number of thioether (sulfide) groups is 1. The van der Waals surface area contributed by atoms with Gasteiger partial charge in [-0.05, 0) is 18.4 Å². The lowest BCUT2D eigenvalue weighted by Crippen LogP contribution is -2.17. The average molecular weight is 434 g/mol. The van der Waals surface area contributed by atoms with Gasteiger partial charge in [0.15, 0.2) is 27.1 Å². The topological polar surface area (TPSA) is 94.8 Å². The molecule has 1 N–H and O–H groups in total. The van der Waals surface area contributed by atoms with Crippen LogP contribution in [0.25, 0.3) is 11.0 Å². The van der Waals surface area contributed by atoms with Crippen LogP contribution in [0.1, 0.15) is 16.1 Å². The first kappa shape index (κ1) is 19.7. The van der Waals surface area contributed by atoms with Crippen molar-refractivity contribution in [1.82, 2.24) is 0 Å². The van der Waals surface area contributed by atoms with E-state index in [1.807, 2.05) is 12.3 Å². The number of carbonyl (C=O) groups excluding carboxylic acids is 1. The summed E-state index contributed by atoms with van der Waals surface area (Å²) in [6, 6.07) is 10.5. The van der Waals surface area contributed by atoms with E-state index in [1.54, 1.807) is 30.3 Å². The molecule has 0 radical (unpaired) electrons. The van der Waals surface area contributed by atoms with E-state index < -0.39 is 15.7 Å². The van der Waals surface area contributed by atoms with Crippen molar-refractivity contribution < 1.29 is 27.1 Å². The number of nitrogens with one attached hydrogen (secondary N) is 1. The molecule has 9 heteroatoms. The quantitative estimate of drug-likeness (QED) is 0.613. The molecule has 152 valence electrons. The Morgan fingerprint density at radius 1 is 1.14 bits per heavy atom. The highest BCUT2D eigenvalue weighted by Crippen LogP contribution is 2.39. The first-order valence-electron chi connectivity index (χ1n) is 8.83. The van der Waals surface area contributed by atoms with Gasteiger partial charge in [-0.25, -0.2) is 8.42 Å². The molecular weight excluding hydrogens is 414 g/mol. The monoisotopic (exact) mass is 433 g/mol. The fourth-order valence-corrected chi connectivity index (χ4v) is 4.57. The third-order valence-corrected chi connectivity index (χ3v) is 6.01. The SMILES string of the molecule is CSc1cc2c(cc1NC(=O)c1oc3ccccc3c1CS(C)(=O)=O)OCCO2. The maximum atomic E-state index is 13.0. The summed E-state index contributed by atoms with van der Waals surface area (Å²) < 4.78 is 40.8. The molecule has 7 nitrogen and oxygen atoms in total. The summed E-state index contributed by atoms with van der Waals surface area (Å²) in [6.45, 7) is 0.904. The Balaban J connectivity index is 1.74. The standard InChI is InChI=1S/C20H19NO6S2/c1-28-18-10-17-16(25-7-8-26-17)9-14(18)21-20(22)19-13(11-29(2,23)24)12-5-3-4-6-15(12)27-19/h3-6,9-10H,7-8,11H2,1-2H3,(H,21,22). The number of ether oxygens (including phenoxy) is 2. The lowest BCUT2D eigenvalue weighted by atomic mass is 10.1. The van der Waals surface area contributed by atoms with Gasteiger partial charge in [-0.1, -0.05) is 18.2 Å². The maximum Gasteiger partial charge on any atom is 0.291 e. The second kappa shape index (κ2) is 7.64. The number of sulfone groups is 1. The normalized spacial score (nSPS) is 13.4. The number of hydrogen-bond donors (Lipinski definition) is 1. The molecule has 2 heterocycles. The van der Waals surface area contributed by atoms with Crippen LogP contribution in [0.5, 0.6) is 11.5 Å². The number of carbonyl (C=O) groups is 1. The van der Waals surface area contributed by atoms with E-state index in [1.165, 1.54) is 11.8 Å². The van der Waals surface area contributed by atoms with Crippen LogP contribution in [0.15, 0.2) is 45.7 Å². The van der Waals surface area contributed by atoms with Crippen molar-refractivity contribution in [1.29, 1.82) is 0 Å². The van der Waals surface area contributed by atoms with Crippen molar-refractivity contribution in [2.75, 3.05) is 31.0 Å². The van der Waals surface area contributed by atoms with Crippen LogP contribution in [0.2, 0.25) is 0 Å². The van der Waals surface area contributed by atoms with Crippen molar-refractivity contribution in [3.05, 3.63) is 47.7 Å². The Kier molecular flexibility index (Phi) is 5.18. The Morgan fingerprint density at radius 2 is 1.83 bits per heavy atom. The van der Waals surface area contributed by atoms with E-state index >= 15 is 0 Å². The molecule has 0 saturated carbocycles. The predicted octanol–water partition coefficient (Wildman–Crippen LogP) is 3.72. The first-order valence-corrected chi connectivity index (χ1v) is 12.1. The summed E-state index contributed by atoms with van der Waals surface area (Å²) in [6.07, 6.45) is 3.01. The number of amides is 1. The van der Waals surface area contributed by atoms with Gasteiger partial charge in [0.1, 0.15) is 18.8 Å². The molecule has 0 spiro atoms. The third-order valence-electron chi connectivity index (χ3n) is 4.42. The summed E-state index contributed by atoms with van der Waals surface area (Å²) in [5, 5.41) is 3.44. The van der Waals surface area contributed by atoms with Crippen molar-refractivity contribution in [3.8, 4) is 11.5 Å². The molecule has 1 aromatic heterocycles. The van der Waals surface area contributed by atoms with E-state index in [2.05, 4.69) is 5.32 Å². The van der Waals surface area contributed by atoms with Gasteiger partial charge < -0.3 is 19.2 Å². The van der Waals surface area contributed by atoms with Crippen molar-refractivity contribution in [2.24, 2.45) is 0 Å². The molecule has 0 fully saturated rings. The van der Waals surface area contributed by atoms with Crippen molar-refractivity contribution in [2.45, 2.75) is 10.6 Å². The van der Waals surface area contributed by atoms with E-state index in [-0.39, 0.29) is 11.5 Å². The van der Waals surface area contributed by atoms with E-state index in [4.69, 9.17) is 13.9 Å². The number of rotatable bonds is 5. The molecule has 1 aliphatic heterocycles. The fraction of sp³-hybridized carbons (Fsp3) is 0.250. The van der Waals surface area contributed by atoms with Crippen LogP contribution in [0.3, 0.4) is 0 Å². The molecule has 3 aromatic rings. The minimum absolute atomic E-state index is 0.0152. The van der Waals surface area contributed by atoms with Gasteiger partial charge in [0.05, 0.1) is 11.4 Å². The van der Waals surface area contributed by atoms with Crippen LogP contribution >= 0.6 is 11.8 Å². The number of benzene rings is 2. The zero-order chi connectivity index (χ0) is 20.6. The number of para-hydroxylation sites is 1. The van der Waals surface area contributed by atoms with Gasteiger partial charge in [-0.3, -0.25) is 4.79 Å². The first-order chi connectivity index (χ1) is 13.9.